The van der Waals surface area contributed by atoms with Gasteiger partial charge in [0, 0.05) is 19.4 Å². The number of carbonyl (C=O) groups excluding carboxylic acids is 1. The Balaban J connectivity index is 2.04. The SMILES string of the molecule is CCOC(=O)c1ccc2nc(-c3nccn3C)[nH]c2c1. The van der Waals surface area contributed by atoms with E-state index < -0.39 is 0 Å². The van der Waals surface area contributed by atoms with Crippen LogP contribution in [-0.4, -0.2) is 32.1 Å². The number of aryl methyl sites for hydroxylation is 1. The van der Waals surface area contributed by atoms with Crippen LogP contribution in [0.25, 0.3) is 22.7 Å². The zero-order valence-electron chi connectivity index (χ0n) is 11.3. The number of H-pyrrole nitrogens is 1. The molecule has 0 bridgehead atoms. The standard InChI is InChI=1S/C14H14N4O2/c1-3-20-14(19)9-4-5-10-11(8-9)17-12(16-10)13-15-6-7-18(13)2/h4-8H,3H2,1-2H3,(H,16,17). The van der Waals surface area contributed by atoms with E-state index in [0.29, 0.717) is 18.0 Å². The Morgan fingerprint density at radius 3 is 3.00 bits per heavy atom. The Kier molecular flexibility index (Phi) is 2.98. The third-order valence-electron chi connectivity index (χ3n) is 3.03. The van der Waals surface area contributed by atoms with Gasteiger partial charge in [-0.15, -0.1) is 0 Å². The van der Waals surface area contributed by atoms with E-state index in [0.717, 1.165) is 16.9 Å². The van der Waals surface area contributed by atoms with Crippen LogP contribution in [0, 0.1) is 0 Å². The van der Waals surface area contributed by atoms with E-state index in [1.165, 1.54) is 0 Å². The van der Waals surface area contributed by atoms with Gasteiger partial charge in [0.15, 0.2) is 11.6 Å². The van der Waals surface area contributed by atoms with Gasteiger partial charge in [-0.05, 0) is 25.1 Å². The lowest BCUT2D eigenvalue weighted by Gasteiger charge is -2.00. The Labute approximate surface area is 115 Å². The van der Waals surface area contributed by atoms with Gasteiger partial charge in [0.05, 0.1) is 23.2 Å². The predicted octanol–water partition coefficient (Wildman–Crippen LogP) is 2.14. The molecule has 0 atom stereocenters. The van der Waals surface area contributed by atoms with E-state index in [9.17, 15) is 4.79 Å². The number of aromatic nitrogens is 4. The first kappa shape index (κ1) is 12.4. The number of ether oxygens (including phenoxy) is 1. The van der Waals surface area contributed by atoms with E-state index in [1.54, 1.807) is 31.3 Å². The van der Waals surface area contributed by atoms with Crippen molar-refractivity contribution in [1.29, 1.82) is 0 Å². The molecule has 2 aromatic heterocycles. The molecule has 0 aliphatic heterocycles. The van der Waals surface area contributed by atoms with E-state index in [2.05, 4.69) is 15.0 Å². The molecule has 6 heteroatoms. The third-order valence-corrected chi connectivity index (χ3v) is 3.03. The van der Waals surface area contributed by atoms with Crippen molar-refractivity contribution in [3.63, 3.8) is 0 Å². The van der Waals surface area contributed by atoms with Gasteiger partial charge in [-0.2, -0.15) is 0 Å². The zero-order valence-corrected chi connectivity index (χ0v) is 11.3. The van der Waals surface area contributed by atoms with Crippen LogP contribution in [-0.2, 0) is 11.8 Å². The summed E-state index contributed by atoms with van der Waals surface area (Å²) in [7, 11) is 1.90. The lowest BCUT2D eigenvalue weighted by Crippen LogP contribution is -2.04. The topological polar surface area (TPSA) is 72.8 Å². The second-order valence-corrected chi connectivity index (χ2v) is 4.40. The molecule has 6 nitrogen and oxygen atoms in total. The van der Waals surface area contributed by atoms with Crippen molar-refractivity contribution in [2.75, 3.05) is 6.61 Å². The second kappa shape index (κ2) is 4.80. The maximum absolute atomic E-state index is 11.7. The lowest BCUT2D eigenvalue weighted by atomic mass is 10.2. The van der Waals surface area contributed by atoms with Crippen LogP contribution in [0.3, 0.4) is 0 Å². The molecule has 0 fully saturated rings. The zero-order chi connectivity index (χ0) is 14.1. The molecular formula is C14H14N4O2. The Bertz CT molecular complexity index is 772. The van der Waals surface area contributed by atoms with E-state index in [-0.39, 0.29) is 5.97 Å². The van der Waals surface area contributed by atoms with Gasteiger partial charge in [-0.1, -0.05) is 0 Å². The number of aromatic amines is 1. The average molecular weight is 270 g/mol. The minimum absolute atomic E-state index is 0.331. The van der Waals surface area contributed by atoms with Crippen molar-refractivity contribution >= 4 is 17.0 Å². The van der Waals surface area contributed by atoms with Crippen molar-refractivity contribution < 1.29 is 9.53 Å². The van der Waals surface area contributed by atoms with Crippen molar-refractivity contribution in [1.82, 2.24) is 19.5 Å². The normalized spacial score (nSPS) is 10.9. The summed E-state index contributed by atoms with van der Waals surface area (Å²) in [5.41, 5.74) is 2.08. The quantitative estimate of drug-likeness (QED) is 0.740. The fourth-order valence-electron chi connectivity index (χ4n) is 2.05. The number of hydrogen-bond donors (Lipinski definition) is 1. The van der Waals surface area contributed by atoms with Gasteiger partial charge >= 0.3 is 5.97 Å². The molecule has 0 amide bonds. The molecule has 2 heterocycles. The van der Waals surface area contributed by atoms with Crippen molar-refractivity contribution in [2.45, 2.75) is 6.92 Å². The van der Waals surface area contributed by atoms with Crippen LogP contribution in [0.1, 0.15) is 17.3 Å². The van der Waals surface area contributed by atoms with Gasteiger partial charge in [0.1, 0.15) is 0 Å². The average Bonchev–Trinajstić information content (AvgIpc) is 3.03. The molecule has 0 spiro atoms. The first-order chi connectivity index (χ1) is 9.69. The molecule has 1 aromatic carbocycles. The Morgan fingerprint density at radius 2 is 2.30 bits per heavy atom. The number of esters is 1. The van der Waals surface area contributed by atoms with Crippen LogP contribution in [0.4, 0.5) is 0 Å². The number of nitrogens with zero attached hydrogens (tertiary/aromatic N) is 3. The van der Waals surface area contributed by atoms with Crippen molar-refractivity contribution in [2.24, 2.45) is 7.05 Å². The molecule has 0 aliphatic carbocycles. The molecule has 0 aliphatic rings. The maximum Gasteiger partial charge on any atom is 0.338 e. The number of carbonyl (C=O) groups is 1. The van der Waals surface area contributed by atoms with Gasteiger partial charge in [-0.3, -0.25) is 0 Å². The highest BCUT2D eigenvalue weighted by Gasteiger charge is 2.12. The van der Waals surface area contributed by atoms with Crippen molar-refractivity contribution in [3.8, 4) is 11.6 Å². The summed E-state index contributed by atoms with van der Waals surface area (Å²) in [6.07, 6.45) is 3.57. The van der Waals surface area contributed by atoms with Crippen LogP contribution in [0.15, 0.2) is 30.6 Å². The number of fused-ring (bicyclic) bond motifs is 1. The summed E-state index contributed by atoms with van der Waals surface area (Å²) in [6.45, 7) is 2.14. The monoisotopic (exact) mass is 270 g/mol. The summed E-state index contributed by atoms with van der Waals surface area (Å²) < 4.78 is 6.86. The predicted molar refractivity (Wildman–Crippen MR) is 74.3 cm³/mol. The van der Waals surface area contributed by atoms with E-state index in [4.69, 9.17) is 4.74 Å². The number of imidazole rings is 2. The highest BCUT2D eigenvalue weighted by Crippen LogP contribution is 2.20. The van der Waals surface area contributed by atoms with E-state index in [1.807, 2.05) is 17.8 Å². The number of nitrogens with one attached hydrogen (secondary N) is 1. The highest BCUT2D eigenvalue weighted by atomic mass is 16.5. The first-order valence-corrected chi connectivity index (χ1v) is 6.33. The fourth-order valence-corrected chi connectivity index (χ4v) is 2.05. The molecule has 102 valence electrons. The lowest BCUT2D eigenvalue weighted by molar-refractivity contribution is 0.0526. The smallest absolute Gasteiger partial charge is 0.338 e. The van der Waals surface area contributed by atoms with Crippen LogP contribution in [0.5, 0.6) is 0 Å². The minimum Gasteiger partial charge on any atom is -0.462 e. The van der Waals surface area contributed by atoms with Gasteiger partial charge in [0.25, 0.3) is 0 Å². The Morgan fingerprint density at radius 1 is 1.45 bits per heavy atom. The van der Waals surface area contributed by atoms with Crippen LogP contribution < -0.4 is 0 Å². The molecular weight excluding hydrogens is 256 g/mol. The fraction of sp³-hybridized carbons (Fsp3) is 0.214. The highest BCUT2D eigenvalue weighted by molar-refractivity contribution is 5.94. The van der Waals surface area contributed by atoms with Crippen LogP contribution >= 0.6 is 0 Å². The summed E-state index contributed by atoms with van der Waals surface area (Å²) >= 11 is 0. The van der Waals surface area contributed by atoms with Crippen LogP contribution in [0.2, 0.25) is 0 Å². The molecule has 20 heavy (non-hydrogen) atoms. The molecule has 1 N–H and O–H groups in total. The van der Waals surface area contributed by atoms with Gasteiger partial charge in [0.2, 0.25) is 0 Å². The maximum atomic E-state index is 11.7. The van der Waals surface area contributed by atoms with E-state index >= 15 is 0 Å². The molecule has 0 radical (unpaired) electrons. The van der Waals surface area contributed by atoms with Gasteiger partial charge in [-0.25, -0.2) is 14.8 Å². The van der Waals surface area contributed by atoms with Gasteiger partial charge < -0.3 is 14.3 Å². The molecule has 0 saturated heterocycles. The number of hydrogen-bond acceptors (Lipinski definition) is 4. The third kappa shape index (κ3) is 2.05. The number of rotatable bonds is 3. The molecule has 3 aromatic rings. The molecule has 0 unspecified atom stereocenters. The molecule has 0 saturated carbocycles. The summed E-state index contributed by atoms with van der Waals surface area (Å²) in [6, 6.07) is 5.25. The minimum atomic E-state index is -0.331. The summed E-state index contributed by atoms with van der Waals surface area (Å²) in [5.74, 6) is 1.09. The summed E-state index contributed by atoms with van der Waals surface area (Å²) in [4.78, 5) is 23.6. The largest absolute Gasteiger partial charge is 0.462 e. The Hall–Kier alpha value is -2.63. The summed E-state index contributed by atoms with van der Waals surface area (Å²) in [5, 5.41) is 0. The number of benzene rings is 1. The second-order valence-electron chi connectivity index (χ2n) is 4.40. The first-order valence-electron chi connectivity index (χ1n) is 6.33. The van der Waals surface area contributed by atoms with Crippen molar-refractivity contribution in [3.05, 3.63) is 36.2 Å². The molecule has 3 rings (SSSR count).